The van der Waals surface area contributed by atoms with Gasteiger partial charge in [-0.05, 0) is 51.4 Å². The van der Waals surface area contributed by atoms with Gasteiger partial charge in [0.05, 0.1) is 25.4 Å². The summed E-state index contributed by atoms with van der Waals surface area (Å²) in [6, 6.07) is -0.539. The van der Waals surface area contributed by atoms with Gasteiger partial charge in [-0.1, -0.05) is 431 Å². The first kappa shape index (κ1) is 87.6. The molecule has 0 fully saturated rings. The summed E-state index contributed by atoms with van der Waals surface area (Å²) in [7, 11) is 0. The van der Waals surface area contributed by atoms with Crippen molar-refractivity contribution in [2.75, 3.05) is 13.2 Å². The Morgan fingerprint density at radius 3 is 0.798 bits per heavy atom. The molecule has 0 rings (SSSR count). The van der Waals surface area contributed by atoms with Crippen LogP contribution in [0, 0.1) is 0 Å². The van der Waals surface area contributed by atoms with Crippen molar-refractivity contribution in [2.45, 2.75) is 495 Å². The number of unbranched alkanes of at least 4 members (excludes halogenated alkanes) is 66. The van der Waals surface area contributed by atoms with E-state index in [-0.39, 0.29) is 18.5 Å². The minimum absolute atomic E-state index is 0.0187. The fourth-order valence-electron chi connectivity index (χ4n) is 13.5. The average Bonchev–Trinajstić information content (AvgIpc) is 3.60. The van der Waals surface area contributed by atoms with Crippen LogP contribution in [0.25, 0.3) is 0 Å². The van der Waals surface area contributed by atoms with Gasteiger partial charge in [0.1, 0.15) is 0 Å². The molecule has 2 atom stereocenters. The quantitative estimate of drug-likeness (QED) is 0.0320. The molecule has 0 aromatic rings. The summed E-state index contributed by atoms with van der Waals surface area (Å²) in [5.74, 6) is -0.00591. The highest BCUT2D eigenvalue weighted by atomic mass is 16.5. The average molecular weight is 1260 g/mol. The van der Waals surface area contributed by atoms with E-state index in [9.17, 15) is 19.8 Å². The number of hydrogen-bond acceptors (Lipinski definition) is 5. The molecule has 0 aromatic carbocycles. The number of aliphatic hydroxyl groups excluding tert-OH is 2. The van der Waals surface area contributed by atoms with Gasteiger partial charge >= 0.3 is 5.97 Å². The molecule has 0 saturated heterocycles. The zero-order valence-corrected chi connectivity index (χ0v) is 61.0. The zero-order chi connectivity index (χ0) is 64.2. The van der Waals surface area contributed by atoms with E-state index in [1.54, 1.807) is 0 Å². The SMILES string of the molecule is CCCCCCCCC/C=C\CCCCCCCCCC(=O)OCCCCCCCCCCCCCCCCCCCCCCCCCCCCCCCCC(=O)NC(CO)C(O)CCCCCCCCCCCCCCCCCCCCCCCCCC. The Hall–Kier alpha value is -1.40. The third-order valence-electron chi connectivity index (χ3n) is 19.8. The van der Waals surface area contributed by atoms with Gasteiger partial charge in [-0.15, -0.1) is 0 Å². The second-order valence-electron chi connectivity index (χ2n) is 28.8. The van der Waals surface area contributed by atoms with E-state index in [4.69, 9.17) is 4.74 Å². The first-order valence-corrected chi connectivity index (χ1v) is 41.4. The number of rotatable bonds is 79. The summed E-state index contributed by atoms with van der Waals surface area (Å²) in [5, 5.41) is 23.5. The van der Waals surface area contributed by atoms with Crippen LogP contribution in [0.2, 0.25) is 0 Å². The van der Waals surface area contributed by atoms with Crippen LogP contribution in [0.15, 0.2) is 12.2 Å². The van der Waals surface area contributed by atoms with Crippen molar-refractivity contribution in [1.29, 1.82) is 0 Å². The van der Waals surface area contributed by atoms with E-state index >= 15 is 0 Å². The number of carbonyl (C=O) groups excluding carboxylic acids is 2. The highest BCUT2D eigenvalue weighted by Gasteiger charge is 2.20. The minimum atomic E-state index is -0.663. The van der Waals surface area contributed by atoms with Crippen molar-refractivity contribution >= 4 is 11.9 Å². The normalized spacial score (nSPS) is 12.4. The molecular formula is C83H163NO5. The first-order valence-electron chi connectivity index (χ1n) is 41.4. The smallest absolute Gasteiger partial charge is 0.305 e. The Labute approximate surface area is 559 Å². The molecule has 0 heterocycles. The fraction of sp³-hybridized carbons (Fsp3) is 0.952. The van der Waals surface area contributed by atoms with E-state index in [1.165, 1.54) is 405 Å². The molecule has 0 aromatic heterocycles. The predicted octanol–water partition coefficient (Wildman–Crippen LogP) is 27.4. The lowest BCUT2D eigenvalue weighted by atomic mass is 10.0. The molecule has 0 bridgehead atoms. The van der Waals surface area contributed by atoms with E-state index in [0.717, 1.165) is 44.9 Å². The number of amides is 1. The maximum absolute atomic E-state index is 12.6. The van der Waals surface area contributed by atoms with E-state index in [2.05, 4.69) is 31.3 Å². The van der Waals surface area contributed by atoms with Crippen LogP contribution in [-0.4, -0.2) is 47.4 Å². The molecule has 2 unspecified atom stereocenters. The molecule has 89 heavy (non-hydrogen) atoms. The molecule has 6 nitrogen and oxygen atoms in total. The van der Waals surface area contributed by atoms with Crippen molar-refractivity contribution < 1.29 is 24.5 Å². The minimum Gasteiger partial charge on any atom is -0.466 e. The van der Waals surface area contributed by atoms with Crippen LogP contribution in [0.3, 0.4) is 0 Å². The van der Waals surface area contributed by atoms with Crippen molar-refractivity contribution in [3.63, 3.8) is 0 Å². The third kappa shape index (κ3) is 75.5. The molecule has 0 aliphatic carbocycles. The molecule has 0 saturated carbocycles. The summed E-state index contributed by atoms with van der Waals surface area (Å²) in [4.78, 5) is 24.7. The Balaban J connectivity index is 3.33. The van der Waals surface area contributed by atoms with Crippen LogP contribution in [-0.2, 0) is 14.3 Å². The monoisotopic (exact) mass is 1250 g/mol. The number of esters is 1. The Morgan fingerprint density at radius 1 is 0.303 bits per heavy atom. The lowest BCUT2D eigenvalue weighted by Crippen LogP contribution is -2.45. The highest BCUT2D eigenvalue weighted by Crippen LogP contribution is 2.21. The van der Waals surface area contributed by atoms with E-state index in [1.807, 2.05) is 0 Å². The van der Waals surface area contributed by atoms with Crippen LogP contribution < -0.4 is 5.32 Å². The van der Waals surface area contributed by atoms with E-state index in [0.29, 0.717) is 25.9 Å². The summed E-state index contributed by atoms with van der Waals surface area (Å²) in [5.41, 5.74) is 0. The molecule has 3 N–H and O–H groups in total. The lowest BCUT2D eigenvalue weighted by Gasteiger charge is -2.22. The van der Waals surface area contributed by atoms with Crippen LogP contribution in [0.1, 0.15) is 483 Å². The van der Waals surface area contributed by atoms with Gasteiger partial charge in [0.2, 0.25) is 5.91 Å². The number of hydrogen-bond donors (Lipinski definition) is 3. The van der Waals surface area contributed by atoms with Gasteiger partial charge in [0, 0.05) is 12.8 Å². The lowest BCUT2D eigenvalue weighted by molar-refractivity contribution is -0.143. The summed E-state index contributed by atoms with van der Waals surface area (Å²) >= 11 is 0. The second-order valence-corrected chi connectivity index (χ2v) is 28.8. The van der Waals surface area contributed by atoms with E-state index < -0.39 is 12.1 Å². The Kier molecular flexibility index (Phi) is 77.8. The molecule has 0 aliphatic heterocycles. The summed E-state index contributed by atoms with van der Waals surface area (Å²) in [6.45, 7) is 5.01. The van der Waals surface area contributed by atoms with Crippen molar-refractivity contribution in [3.8, 4) is 0 Å². The first-order chi connectivity index (χ1) is 44.0. The van der Waals surface area contributed by atoms with Crippen molar-refractivity contribution in [1.82, 2.24) is 5.32 Å². The second kappa shape index (κ2) is 79.0. The molecule has 0 aliphatic rings. The third-order valence-corrected chi connectivity index (χ3v) is 19.8. The Bertz CT molecular complexity index is 1350. The predicted molar refractivity (Wildman–Crippen MR) is 394 cm³/mol. The standard InChI is InChI=1S/C83H163NO5/c1-3-5-7-9-11-13-15-17-19-21-23-24-25-34-37-40-43-47-51-55-59-63-67-71-75-81(86)80(79-85)84-82(87)76-72-68-64-60-56-52-48-44-41-38-35-32-30-28-26-27-29-31-33-36-39-42-46-50-54-58-62-66-70-74-78-89-83(88)77-73-69-65-61-57-53-49-45-22-20-18-16-14-12-10-8-6-4-2/h20,22,80-81,85-86H,3-19,21,23-79H2,1-2H3,(H,84,87)/b22-20-. The topological polar surface area (TPSA) is 95.9 Å². The number of nitrogens with one attached hydrogen (secondary N) is 1. The molecule has 6 heteroatoms. The molecular weight excluding hydrogens is 1090 g/mol. The van der Waals surface area contributed by atoms with Gasteiger partial charge in [-0.3, -0.25) is 9.59 Å². The molecule has 530 valence electrons. The molecule has 1 amide bonds. The van der Waals surface area contributed by atoms with Crippen LogP contribution in [0.4, 0.5) is 0 Å². The van der Waals surface area contributed by atoms with Crippen molar-refractivity contribution in [3.05, 3.63) is 12.2 Å². The fourth-order valence-corrected chi connectivity index (χ4v) is 13.5. The number of aliphatic hydroxyl groups is 2. The largest absolute Gasteiger partial charge is 0.466 e. The van der Waals surface area contributed by atoms with Gasteiger partial charge in [0.15, 0.2) is 0 Å². The van der Waals surface area contributed by atoms with Gasteiger partial charge in [-0.25, -0.2) is 0 Å². The van der Waals surface area contributed by atoms with Crippen LogP contribution >= 0.6 is 0 Å². The summed E-state index contributed by atoms with van der Waals surface area (Å²) < 4.78 is 5.52. The van der Waals surface area contributed by atoms with Gasteiger partial charge < -0.3 is 20.3 Å². The number of carbonyl (C=O) groups is 2. The molecule has 0 spiro atoms. The zero-order valence-electron chi connectivity index (χ0n) is 61.0. The number of ether oxygens (including phenoxy) is 1. The van der Waals surface area contributed by atoms with Gasteiger partial charge in [-0.2, -0.15) is 0 Å². The van der Waals surface area contributed by atoms with Crippen LogP contribution in [0.5, 0.6) is 0 Å². The molecule has 0 radical (unpaired) electrons. The maximum atomic E-state index is 12.6. The Morgan fingerprint density at radius 2 is 0.528 bits per heavy atom. The van der Waals surface area contributed by atoms with Crippen molar-refractivity contribution in [2.24, 2.45) is 0 Å². The number of allylic oxidation sites excluding steroid dienone is 2. The maximum Gasteiger partial charge on any atom is 0.305 e. The highest BCUT2D eigenvalue weighted by molar-refractivity contribution is 5.76. The van der Waals surface area contributed by atoms with Gasteiger partial charge in [0.25, 0.3) is 0 Å². The summed E-state index contributed by atoms with van der Waals surface area (Å²) in [6.07, 6.45) is 100.